The number of methoxy groups -OCH3 is 1. The van der Waals surface area contributed by atoms with E-state index in [-0.39, 0.29) is 28.5 Å². The second-order valence-corrected chi connectivity index (χ2v) is 12.4. The van der Waals surface area contributed by atoms with Crippen molar-refractivity contribution in [2.45, 2.75) is 69.9 Å². The molecular weight excluding hydrogens is 492 g/mol. The van der Waals surface area contributed by atoms with Crippen molar-refractivity contribution in [1.82, 2.24) is 10.6 Å². The summed E-state index contributed by atoms with van der Waals surface area (Å²) in [5.74, 6) is -1.51. The van der Waals surface area contributed by atoms with Crippen LogP contribution in [0.1, 0.15) is 80.9 Å². The van der Waals surface area contributed by atoms with Gasteiger partial charge in [0.2, 0.25) is 0 Å². The molecular formula is C28H38N2O6S. The largest absolute Gasteiger partial charge is 0.496 e. The molecule has 1 aliphatic heterocycles. The first kappa shape index (κ1) is 28.7. The Morgan fingerprint density at radius 1 is 1.19 bits per heavy atom. The second kappa shape index (κ2) is 11.2. The van der Waals surface area contributed by atoms with Crippen molar-refractivity contribution in [3.63, 3.8) is 0 Å². The molecule has 9 heteroatoms. The van der Waals surface area contributed by atoms with Crippen molar-refractivity contribution in [1.29, 1.82) is 0 Å². The number of carbonyl (C=O) groups excluding carboxylic acids is 1. The van der Waals surface area contributed by atoms with Crippen molar-refractivity contribution in [2.75, 3.05) is 19.4 Å². The number of amides is 1. The molecule has 2 atom stereocenters. The van der Waals surface area contributed by atoms with Gasteiger partial charge in [0, 0.05) is 12.1 Å². The Morgan fingerprint density at radius 3 is 2.43 bits per heavy atom. The predicted octanol–water partition coefficient (Wildman–Crippen LogP) is 4.34. The maximum atomic E-state index is 13.9. The molecule has 37 heavy (non-hydrogen) atoms. The Balaban J connectivity index is 2.18. The van der Waals surface area contributed by atoms with Gasteiger partial charge in [-0.05, 0) is 49.9 Å². The van der Waals surface area contributed by atoms with E-state index in [1.54, 1.807) is 6.07 Å². The molecule has 0 saturated carbocycles. The summed E-state index contributed by atoms with van der Waals surface area (Å²) in [5.41, 5.74) is -0.344. The number of rotatable bonds is 10. The van der Waals surface area contributed by atoms with Gasteiger partial charge in [-0.25, -0.2) is 8.42 Å². The molecule has 0 saturated heterocycles. The summed E-state index contributed by atoms with van der Waals surface area (Å²) in [6, 6.07) is 12.2. The van der Waals surface area contributed by atoms with E-state index in [0.717, 1.165) is 18.4 Å². The molecule has 0 spiro atoms. The average Bonchev–Trinajstić information content (AvgIpc) is 2.97. The van der Waals surface area contributed by atoms with Crippen molar-refractivity contribution in [2.24, 2.45) is 5.41 Å². The van der Waals surface area contributed by atoms with Gasteiger partial charge in [-0.1, -0.05) is 57.0 Å². The normalized spacial score (nSPS) is 20.9. The zero-order chi connectivity index (χ0) is 27.4. The van der Waals surface area contributed by atoms with E-state index in [2.05, 4.69) is 17.6 Å². The van der Waals surface area contributed by atoms with Crippen LogP contribution in [0.3, 0.4) is 0 Å². The van der Waals surface area contributed by atoms with E-state index < -0.39 is 38.7 Å². The van der Waals surface area contributed by atoms with Crippen LogP contribution in [-0.2, 0) is 14.6 Å². The van der Waals surface area contributed by atoms with Crippen molar-refractivity contribution >= 4 is 21.7 Å². The molecule has 0 aromatic heterocycles. The smallest absolute Gasteiger partial charge is 0.310 e. The molecule has 0 radical (unpaired) electrons. The first-order chi connectivity index (χ1) is 17.4. The molecule has 0 aliphatic carbocycles. The fourth-order valence-corrected chi connectivity index (χ4v) is 6.85. The lowest BCUT2D eigenvalue weighted by Crippen LogP contribution is -2.50. The highest BCUT2D eigenvalue weighted by Crippen LogP contribution is 2.40. The standard InChI is InChI=1S/C28H38N2O6S/c1-6-8-14-28(7-2)18-37(34,35)23-16-20(25(31)29-17-27(3,4)26(32)33)22(36-5)15-21(23)24(30-28)19-12-10-9-11-13-19/h9-13,15-16,24,30H,6-8,14,17-18H2,1-5H3,(H,29,31)(H,32,33)/t24-,28-/m1/s1. The molecule has 1 amide bonds. The third-order valence-corrected chi connectivity index (χ3v) is 9.18. The number of carboxylic acid groups (broad SMARTS) is 1. The number of carbonyl (C=O) groups is 2. The number of ether oxygens (including phenoxy) is 1. The third-order valence-electron chi connectivity index (χ3n) is 7.23. The van der Waals surface area contributed by atoms with Gasteiger partial charge in [-0.15, -0.1) is 0 Å². The monoisotopic (exact) mass is 530 g/mol. The lowest BCUT2D eigenvalue weighted by atomic mass is 9.87. The molecule has 0 fully saturated rings. The minimum atomic E-state index is -3.80. The summed E-state index contributed by atoms with van der Waals surface area (Å²) >= 11 is 0. The first-order valence-corrected chi connectivity index (χ1v) is 14.3. The third kappa shape index (κ3) is 6.15. The van der Waals surface area contributed by atoms with Gasteiger partial charge in [0.1, 0.15) is 5.75 Å². The fourth-order valence-electron chi connectivity index (χ4n) is 4.70. The first-order valence-electron chi connectivity index (χ1n) is 12.7. The highest BCUT2D eigenvalue weighted by Gasteiger charge is 2.42. The van der Waals surface area contributed by atoms with Crippen LogP contribution in [0.4, 0.5) is 0 Å². The van der Waals surface area contributed by atoms with E-state index in [9.17, 15) is 23.1 Å². The van der Waals surface area contributed by atoms with Crippen molar-refractivity contribution in [3.05, 3.63) is 59.2 Å². The molecule has 1 aliphatic rings. The highest BCUT2D eigenvalue weighted by atomic mass is 32.2. The van der Waals surface area contributed by atoms with Crippen molar-refractivity contribution < 1.29 is 27.9 Å². The van der Waals surface area contributed by atoms with Crippen LogP contribution in [0.2, 0.25) is 0 Å². The number of hydrogen-bond donors (Lipinski definition) is 3. The molecule has 3 N–H and O–H groups in total. The molecule has 3 rings (SSSR count). The van der Waals surface area contributed by atoms with Crippen LogP contribution in [0.15, 0.2) is 47.4 Å². The Morgan fingerprint density at radius 2 is 1.86 bits per heavy atom. The number of sulfone groups is 1. The molecule has 0 unspecified atom stereocenters. The topological polar surface area (TPSA) is 122 Å². The van der Waals surface area contributed by atoms with Gasteiger partial charge in [0.15, 0.2) is 9.84 Å². The highest BCUT2D eigenvalue weighted by molar-refractivity contribution is 7.91. The summed E-state index contributed by atoms with van der Waals surface area (Å²) in [5, 5.41) is 15.7. The number of aliphatic carboxylic acids is 1. The summed E-state index contributed by atoms with van der Waals surface area (Å²) in [6.07, 6.45) is 3.14. The van der Waals surface area contributed by atoms with E-state index in [1.165, 1.54) is 27.0 Å². The van der Waals surface area contributed by atoms with E-state index in [1.807, 2.05) is 37.3 Å². The molecule has 1 heterocycles. The van der Waals surface area contributed by atoms with E-state index in [0.29, 0.717) is 18.4 Å². The van der Waals surface area contributed by atoms with Crippen LogP contribution in [-0.4, -0.2) is 50.3 Å². The number of benzene rings is 2. The predicted molar refractivity (Wildman–Crippen MR) is 143 cm³/mol. The molecule has 0 bridgehead atoms. The summed E-state index contributed by atoms with van der Waals surface area (Å²) in [4.78, 5) is 24.7. The van der Waals surface area contributed by atoms with Gasteiger partial charge < -0.3 is 15.2 Å². The van der Waals surface area contributed by atoms with Crippen molar-refractivity contribution in [3.8, 4) is 5.75 Å². The Bertz CT molecular complexity index is 1240. The van der Waals surface area contributed by atoms with E-state index in [4.69, 9.17) is 4.74 Å². The quantitative estimate of drug-likeness (QED) is 0.418. The lowest BCUT2D eigenvalue weighted by molar-refractivity contribution is -0.146. The number of hydrogen-bond acceptors (Lipinski definition) is 6. The number of nitrogens with one attached hydrogen (secondary N) is 2. The number of carboxylic acids is 1. The SMILES string of the molecule is CCCC[C@]1(CC)CS(=O)(=O)c2cc(C(=O)NCC(C)(C)C(=O)O)c(OC)cc2[C@@H](c2ccccc2)N1. The molecule has 202 valence electrons. The van der Waals surface area contributed by atoms with Crippen LogP contribution in [0.25, 0.3) is 0 Å². The second-order valence-electron chi connectivity index (χ2n) is 10.4. The molecule has 2 aromatic carbocycles. The van der Waals surface area contributed by atoms with Gasteiger partial charge in [-0.3, -0.25) is 14.9 Å². The fraction of sp³-hybridized carbons (Fsp3) is 0.500. The summed E-state index contributed by atoms with van der Waals surface area (Å²) in [7, 11) is -2.38. The zero-order valence-corrected chi connectivity index (χ0v) is 23.1. The Kier molecular flexibility index (Phi) is 8.70. The summed E-state index contributed by atoms with van der Waals surface area (Å²) in [6.45, 7) is 6.97. The van der Waals surface area contributed by atoms with Crippen LogP contribution in [0.5, 0.6) is 5.75 Å². The lowest BCUT2D eigenvalue weighted by Gasteiger charge is -2.36. The van der Waals surface area contributed by atoms with Crippen LogP contribution < -0.4 is 15.4 Å². The Hall–Kier alpha value is -2.91. The minimum absolute atomic E-state index is 0.0513. The van der Waals surface area contributed by atoms with Crippen LogP contribution in [0, 0.1) is 5.41 Å². The number of fused-ring (bicyclic) bond motifs is 1. The van der Waals surface area contributed by atoms with Gasteiger partial charge >= 0.3 is 5.97 Å². The average molecular weight is 531 g/mol. The van der Waals surface area contributed by atoms with Crippen LogP contribution >= 0.6 is 0 Å². The molecule has 2 aromatic rings. The minimum Gasteiger partial charge on any atom is -0.496 e. The van der Waals surface area contributed by atoms with E-state index >= 15 is 0 Å². The van der Waals surface area contributed by atoms with Gasteiger partial charge in [0.25, 0.3) is 5.91 Å². The molecule has 8 nitrogen and oxygen atoms in total. The number of unbranched alkanes of at least 4 members (excludes halogenated alkanes) is 1. The summed E-state index contributed by atoms with van der Waals surface area (Å²) < 4.78 is 33.3. The Labute approximate surface area is 219 Å². The van der Waals surface area contributed by atoms with Gasteiger partial charge in [0.05, 0.1) is 34.8 Å². The maximum Gasteiger partial charge on any atom is 0.310 e. The van der Waals surface area contributed by atoms with Gasteiger partial charge in [-0.2, -0.15) is 0 Å². The maximum absolute atomic E-state index is 13.9. The zero-order valence-electron chi connectivity index (χ0n) is 22.3.